The first-order valence-electron chi connectivity index (χ1n) is 5.79. The smallest absolute Gasteiger partial charge is 0.314 e. The molecule has 0 radical (unpaired) electrons. The molecule has 1 aromatic heterocycles. The Labute approximate surface area is 102 Å². The highest BCUT2D eigenvalue weighted by Crippen LogP contribution is 2.25. The second kappa shape index (κ2) is 4.82. The fraction of sp³-hybridized carbons (Fsp3) is 0.615. The van der Waals surface area contributed by atoms with Crippen molar-refractivity contribution in [2.45, 2.75) is 46.0 Å². The van der Waals surface area contributed by atoms with Gasteiger partial charge in [0, 0.05) is 17.3 Å². The molecular formula is C13H20N2O2. The van der Waals surface area contributed by atoms with Crippen molar-refractivity contribution in [3.8, 4) is 0 Å². The van der Waals surface area contributed by atoms with Crippen LogP contribution in [0.4, 0.5) is 0 Å². The van der Waals surface area contributed by atoms with E-state index in [0.29, 0.717) is 5.82 Å². The van der Waals surface area contributed by atoms with Crippen molar-refractivity contribution in [3.05, 3.63) is 23.8 Å². The van der Waals surface area contributed by atoms with Crippen molar-refractivity contribution >= 4 is 5.97 Å². The first-order valence-corrected chi connectivity index (χ1v) is 5.79. The van der Waals surface area contributed by atoms with Gasteiger partial charge >= 0.3 is 5.97 Å². The van der Waals surface area contributed by atoms with Crippen LogP contribution in [0.5, 0.6) is 0 Å². The lowest BCUT2D eigenvalue weighted by atomic mass is 9.90. The van der Waals surface area contributed by atoms with Gasteiger partial charge in [-0.15, -0.1) is 0 Å². The van der Waals surface area contributed by atoms with Crippen molar-refractivity contribution in [1.82, 2.24) is 9.97 Å². The zero-order valence-corrected chi connectivity index (χ0v) is 11.1. The highest BCUT2D eigenvalue weighted by atomic mass is 16.4. The van der Waals surface area contributed by atoms with Crippen LogP contribution in [-0.2, 0) is 10.2 Å². The summed E-state index contributed by atoms with van der Waals surface area (Å²) < 4.78 is 0. The lowest BCUT2D eigenvalue weighted by Crippen LogP contribution is -2.22. The average molecular weight is 236 g/mol. The molecule has 1 N–H and O–H groups in total. The highest BCUT2D eigenvalue weighted by molar-refractivity contribution is 5.75. The van der Waals surface area contributed by atoms with Crippen LogP contribution in [0.2, 0.25) is 0 Å². The quantitative estimate of drug-likeness (QED) is 0.876. The molecule has 0 aliphatic heterocycles. The van der Waals surface area contributed by atoms with E-state index < -0.39 is 11.9 Å². The van der Waals surface area contributed by atoms with Crippen LogP contribution in [0, 0.1) is 5.92 Å². The van der Waals surface area contributed by atoms with E-state index in [-0.39, 0.29) is 11.3 Å². The summed E-state index contributed by atoms with van der Waals surface area (Å²) in [5.74, 6) is -1.13. The Hall–Kier alpha value is -1.45. The molecule has 0 amide bonds. The van der Waals surface area contributed by atoms with E-state index in [1.165, 1.54) is 0 Å². The van der Waals surface area contributed by atoms with E-state index >= 15 is 0 Å². The molecule has 0 bridgehead atoms. The molecule has 0 fully saturated rings. The van der Waals surface area contributed by atoms with Crippen LogP contribution in [0.15, 0.2) is 12.3 Å². The second-order valence-corrected chi connectivity index (χ2v) is 5.61. The van der Waals surface area contributed by atoms with E-state index in [4.69, 9.17) is 0 Å². The van der Waals surface area contributed by atoms with Gasteiger partial charge in [-0.25, -0.2) is 9.97 Å². The number of nitrogens with zero attached hydrogens (tertiary/aromatic N) is 2. The SMILES string of the molecule is CC(C)C(C(=O)O)c1nccc(C(C)(C)C)n1. The van der Waals surface area contributed by atoms with Crippen molar-refractivity contribution < 1.29 is 9.90 Å². The summed E-state index contributed by atoms with van der Waals surface area (Å²) >= 11 is 0. The molecular weight excluding hydrogens is 216 g/mol. The zero-order chi connectivity index (χ0) is 13.2. The third-order valence-corrected chi connectivity index (χ3v) is 2.65. The number of rotatable bonds is 3. The Morgan fingerprint density at radius 1 is 1.35 bits per heavy atom. The number of carboxylic acid groups (broad SMARTS) is 1. The minimum absolute atomic E-state index is 0.0253. The molecule has 0 aliphatic rings. The molecule has 94 valence electrons. The Morgan fingerprint density at radius 2 is 1.94 bits per heavy atom. The summed E-state index contributed by atoms with van der Waals surface area (Å²) in [6.07, 6.45) is 1.64. The third-order valence-electron chi connectivity index (χ3n) is 2.65. The van der Waals surface area contributed by atoms with Crippen molar-refractivity contribution in [3.63, 3.8) is 0 Å². The summed E-state index contributed by atoms with van der Waals surface area (Å²) in [6, 6.07) is 1.84. The van der Waals surface area contributed by atoms with Gasteiger partial charge in [-0.3, -0.25) is 4.79 Å². The first kappa shape index (κ1) is 13.6. The normalized spacial score (nSPS) is 13.8. The molecule has 0 spiro atoms. The lowest BCUT2D eigenvalue weighted by Gasteiger charge is -2.20. The molecule has 4 nitrogen and oxygen atoms in total. The van der Waals surface area contributed by atoms with Crippen LogP contribution in [0.1, 0.15) is 52.1 Å². The summed E-state index contributed by atoms with van der Waals surface area (Å²) in [6.45, 7) is 9.87. The summed E-state index contributed by atoms with van der Waals surface area (Å²) in [7, 11) is 0. The monoisotopic (exact) mass is 236 g/mol. The molecule has 0 saturated heterocycles. The third kappa shape index (κ3) is 3.25. The fourth-order valence-corrected chi connectivity index (χ4v) is 1.64. The maximum atomic E-state index is 11.2. The lowest BCUT2D eigenvalue weighted by molar-refractivity contribution is -0.140. The van der Waals surface area contributed by atoms with Gasteiger partial charge in [0.15, 0.2) is 0 Å². The zero-order valence-electron chi connectivity index (χ0n) is 11.1. The fourth-order valence-electron chi connectivity index (χ4n) is 1.64. The van der Waals surface area contributed by atoms with E-state index in [2.05, 4.69) is 9.97 Å². The van der Waals surface area contributed by atoms with Gasteiger partial charge in [-0.2, -0.15) is 0 Å². The van der Waals surface area contributed by atoms with Gasteiger partial charge in [0.2, 0.25) is 0 Å². The van der Waals surface area contributed by atoms with Gasteiger partial charge in [0.1, 0.15) is 11.7 Å². The minimum atomic E-state index is -0.869. The topological polar surface area (TPSA) is 63.1 Å². The Morgan fingerprint density at radius 3 is 2.35 bits per heavy atom. The minimum Gasteiger partial charge on any atom is -0.481 e. The van der Waals surface area contributed by atoms with E-state index in [1.807, 2.05) is 40.7 Å². The standard InChI is InChI=1S/C13H20N2O2/c1-8(2)10(12(16)17)11-14-7-6-9(15-11)13(3,4)5/h6-8,10H,1-5H3,(H,16,17). The Kier molecular flexibility index (Phi) is 3.86. The number of aliphatic carboxylic acids is 1. The summed E-state index contributed by atoms with van der Waals surface area (Å²) in [5.41, 5.74) is 0.770. The van der Waals surface area contributed by atoms with Crippen LogP contribution in [-0.4, -0.2) is 21.0 Å². The van der Waals surface area contributed by atoms with Crippen molar-refractivity contribution in [2.24, 2.45) is 5.92 Å². The number of carbonyl (C=O) groups is 1. The Balaban J connectivity index is 3.18. The van der Waals surface area contributed by atoms with E-state index in [1.54, 1.807) is 6.20 Å². The number of carboxylic acids is 1. The second-order valence-electron chi connectivity index (χ2n) is 5.61. The largest absolute Gasteiger partial charge is 0.481 e. The van der Waals surface area contributed by atoms with Gasteiger partial charge in [-0.05, 0) is 12.0 Å². The average Bonchev–Trinajstić information content (AvgIpc) is 2.15. The maximum Gasteiger partial charge on any atom is 0.314 e. The first-order chi connectivity index (χ1) is 7.73. The molecule has 0 saturated carbocycles. The van der Waals surface area contributed by atoms with E-state index in [0.717, 1.165) is 5.69 Å². The van der Waals surface area contributed by atoms with Crippen LogP contribution in [0.25, 0.3) is 0 Å². The predicted octanol–water partition coefficient (Wildman–Crippen LogP) is 2.60. The van der Waals surface area contributed by atoms with Crippen molar-refractivity contribution in [1.29, 1.82) is 0 Å². The van der Waals surface area contributed by atoms with Gasteiger partial charge in [-0.1, -0.05) is 34.6 Å². The number of hydrogen-bond acceptors (Lipinski definition) is 3. The summed E-state index contributed by atoms with van der Waals surface area (Å²) in [4.78, 5) is 19.7. The molecule has 1 aromatic rings. The van der Waals surface area contributed by atoms with Crippen LogP contribution < -0.4 is 0 Å². The molecule has 1 rings (SSSR count). The molecule has 0 aromatic carbocycles. The van der Waals surface area contributed by atoms with Gasteiger partial charge in [0.25, 0.3) is 0 Å². The molecule has 0 aliphatic carbocycles. The molecule has 1 heterocycles. The molecule has 1 unspecified atom stereocenters. The Bertz CT molecular complexity index is 408. The van der Waals surface area contributed by atoms with Gasteiger partial charge in [0.05, 0.1) is 0 Å². The molecule has 4 heteroatoms. The van der Waals surface area contributed by atoms with Crippen LogP contribution in [0.3, 0.4) is 0 Å². The number of hydrogen-bond donors (Lipinski definition) is 1. The summed E-state index contributed by atoms with van der Waals surface area (Å²) in [5, 5.41) is 9.21. The maximum absolute atomic E-state index is 11.2. The van der Waals surface area contributed by atoms with Crippen molar-refractivity contribution in [2.75, 3.05) is 0 Å². The molecule has 1 atom stereocenters. The number of aromatic nitrogens is 2. The van der Waals surface area contributed by atoms with Crippen LogP contribution >= 0.6 is 0 Å². The van der Waals surface area contributed by atoms with Gasteiger partial charge < -0.3 is 5.11 Å². The van der Waals surface area contributed by atoms with E-state index in [9.17, 15) is 9.90 Å². The molecule has 17 heavy (non-hydrogen) atoms. The predicted molar refractivity (Wildman–Crippen MR) is 65.9 cm³/mol. The highest BCUT2D eigenvalue weighted by Gasteiger charge is 2.27.